The lowest BCUT2D eigenvalue weighted by Crippen LogP contribution is -2.28. The van der Waals surface area contributed by atoms with Gasteiger partial charge in [-0.25, -0.2) is 13.8 Å². The summed E-state index contributed by atoms with van der Waals surface area (Å²) in [6.07, 6.45) is 1.30. The maximum absolute atomic E-state index is 14.0. The van der Waals surface area contributed by atoms with Crippen LogP contribution in [-0.2, 0) is 4.79 Å². The largest absolute Gasteiger partial charge is 0.379 e. The summed E-state index contributed by atoms with van der Waals surface area (Å²) < 4.78 is 27.5. The molecular weight excluding hydrogens is 300 g/mol. The summed E-state index contributed by atoms with van der Waals surface area (Å²) in [4.78, 5) is 17.9. The molecule has 1 unspecified atom stereocenters. The number of aryl methyl sites for hydroxylation is 1. The lowest BCUT2D eigenvalue weighted by atomic mass is 10.1. The molecule has 0 spiro atoms. The second-order valence-electron chi connectivity index (χ2n) is 5.98. The van der Waals surface area contributed by atoms with E-state index in [1.54, 1.807) is 13.0 Å². The van der Waals surface area contributed by atoms with Crippen LogP contribution in [0.25, 0.3) is 10.9 Å². The Morgan fingerprint density at radius 2 is 2.13 bits per heavy atom. The van der Waals surface area contributed by atoms with E-state index < -0.39 is 11.6 Å². The Kier molecular flexibility index (Phi) is 4.15. The lowest BCUT2D eigenvalue weighted by Gasteiger charge is -2.18. The maximum Gasteiger partial charge on any atom is 0.224 e. The molecule has 0 aliphatic carbocycles. The van der Waals surface area contributed by atoms with E-state index in [-0.39, 0.29) is 17.5 Å². The highest BCUT2D eigenvalue weighted by atomic mass is 19.1. The normalized spacial score (nSPS) is 18.0. The standard InChI is InChI=1S/C17H19F2N3O/c1-3-4-22-9-12(8-16(22)23)21-15-5-10(2)20-17-13(15)6-11(18)7-14(17)19/h5-7,12H,3-4,8-9H2,1-2H3,(H,20,21). The average molecular weight is 319 g/mol. The summed E-state index contributed by atoms with van der Waals surface area (Å²) in [7, 11) is 0. The summed E-state index contributed by atoms with van der Waals surface area (Å²) in [6, 6.07) is 3.80. The molecule has 1 aromatic carbocycles. The number of pyridine rings is 1. The van der Waals surface area contributed by atoms with Crippen molar-refractivity contribution in [3.05, 3.63) is 35.5 Å². The van der Waals surface area contributed by atoms with E-state index in [9.17, 15) is 13.6 Å². The van der Waals surface area contributed by atoms with Gasteiger partial charge < -0.3 is 10.2 Å². The second kappa shape index (κ2) is 6.10. The average Bonchev–Trinajstić information content (AvgIpc) is 2.81. The minimum Gasteiger partial charge on any atom is -0.379 e. The van der Waals surface area contributed by atoms with Crippen LogP contribution in [-0.4, -0.2) is 34.9 Å². The van der Waals surface area contributed by atoms with Gasteiger partial charge in [0.05, 0.1) is 6.04 Å². The number of carbonyl (C=O) groups is 1. The maximum atomic E-state index is 14.0. The number of rotatable bonds is 4. The topological polar surface area (TPSA) is 45.2 Å². The van der Waals surface area contributed by atoms with Gasteiger partial charge in [0.1, 0.15) is 11.3 Å². The highest BCUT2D eigenvalue weighted by Crippen LogP contribution is 2.28. The van der Waals surface area contributed by atoms with E-state index in [2.05, 4.69) is 10.3 Å². The first-order valence-electron chi connectivity index (χ1n) is 7.78. The number of amides is 1. The fourth-order valence-corrected chi connectivity index (χ4v) is 3.07. The molecule has 0 bridgehead atoms. The van der Waals surface area contributed by atoms with Crippen LogP contribution in [0.5, 0.6) is 0 Å². The first-order valence-corrected chi connectivity index (χ1v) is 7.78. The number of benzene rings is 1. The molecule has 2 aromatic rings. The van der Waals surface area contributed by atoms with Crippen LogP contribution in [0, 0.1) is 18.6 Å². The zero-order valence-electron chi connectivity index (χ0n) is 13.2. The van der Waals surface area contributed by atoms with Gasteiger partial charge in [0.2, 0.25) is 5.91 Å². The Balaban J connectivity index is 1.93. The number of hydrogen-bond donors (Lipinski definition) is 1. The fourth-order valence-electron chi connectivity index (χ4n) is 3.07. The summed E-state index contributed by atoms with van der Waals surface area (Å²) in [5.74, 6) is -1.21. The Hall–Kier alpha value is -2.24. The van der Waals surface area contributed by atoms with E-state index in [4.69, 9.17) is 0 Å². The minimum absolute atomic E-state index is 0.0645. The zero-order valence-corrected chi connectivity index (χ0v) is 13.2. The van der Waals surface area contributed by atoms with Crippen LogP contribution < -0.4 is 5.32 Å². The van der Waals surface area contributed by atoms with Gasteiger partial charge in [-0.1, -0.05) is 6.92 Å². The van der Waals surface area contributed by atoms with Gasteiger partial charge >= 0.3 is 0 Å². The predicted molar refractivity (Wildman–Crippen MR) is 85.3 cm³/mol. The molecule has 0 saturated carbocycles. The monoisotopic (exact) mass is 319 g/mol. The van der Waals surface area contributed by atoms with Crippen molar-refractivity contribution in [2.45, 2.75) is 32.7 Å². The summed E-state index contributed by atoms with van der Waals surface area (Å²) >= 11 is 0. The molecule has 1 fully saturated rings. The number of likely N-dealkylation sites (tertiary alicyclic amines) is 1. The van der Waals surface area contributed by atoms with E-state index >= 15 is 0 Å². The molecule has 122 valence electrons. The third kappa shape index (κ3) is 3.11. The quantitative estimate of drug-likeness (QED) is 0.941. The Morgan fingerprint density at radius 3 is 2.87 bits per heavy atom. The number of carbonyl (C=O) groups excluding carboxylic acids is 1. The molecule has 1 aromatic heterocycles. The van der Waals surface area contributed by atoms with Crippen LogP contribution in [0.3, 0.4) is 0 Å². The van der Waals surface area contributed by atoms with Crippen LogP contribution in [0.2, 0.25) is 0 Å². The summed E-state index contributed by atoms with van der Waals surface area (Å²) in [6.45, 7) is 5.12. The van der Waals surface area contributed by atoms with Crippen molar-refractivity contribution < 1.29 is 13.6 Å². The molecule has 1 amide bonds. The molecule has 0 radical (unpaired) electrons. The van der Waals surface area contributed by atoms with Gasteiger partial charge in [0.25, 0.3) is 0 Å². The van der Waals surface area contributed by atoms with Gasteiger partial charge in [-0.05, 0) is 25.5 Å². The van der Waals surface area contributed by atoms with Crippen molar-refractivity contribution in [2.75, 3.05) is 18.4 Å². The summed E-state index contributed by atoms with van der Waals surface area (Å²) in [5, 5.41) is 3.66. The van der Waals surface area contributed by atoms with E-state index in [1.807, 2.05) is 11.8 Å². The SMILES string of the molecule is CCCN1CC(Nc2cc(C)nc3c(F)cc(F)cc23)CC1=O. The number of aromatic nitrogens is 1. The molecule has 1 atom stereocenters. The fraction of sp³-hybridized carbons (Fsp3) is 0.412. The molecule has 1 N–H and O–H groups in total. The number of halogens is 2. The molecule has 1 saturated heterocycles. The van der Waals surface area contributed by atoms with Gasteiger partial charge in [-0.2, -0.15) is 0 Å². The second-order valence-corrected chi connectivity index (χ2v) is 5.98. The van der Waals surface area contributed by atoms with E-state index in [0.29, 0.717) is 29.7 Å². The first-order chi connectivity index (χ1) is 11.0. The molecule has 1 aliphatic heterocycles. The zero-order chi connectivity index (χ0) is 16.6. The van der Waals surface area contributed by atoms with Crippen LogP contribution in [0.1, 0.15) is 25.5 Å². The van der Waals surface area contributed by atoms with Crippen molar-refractivity contribution in [1.29, 1.82) is 0 Å². The highest BCUT2D eigenvalue weighted by Gasteiger charge is 2.29. The van der Waals surface area contributed by atoms with E-state index in [1.165, 1.54) is 6.07 Å². The third-order valence-electron chi connectivity index (χ3n) is 4.03. The third-order valence-corrected chi connectivity index (χ3v) is 4.03. The lowest BCUT2D eigenvalue weighted by molar-refractivity contribution is -0.127. The molecule has 2 heterocycles. The Bertz CT molecular complexity index is 763. The van der Waals surface area contributed by atoms with Crippen LogP contribution in [0.4, 0.5) is 14.5 Å². The first kappa shape index (κ1) is 15.6. The highest BCUT2D eigenvalue weighted by molar-refractivity contribution is 5.92. The minimum atomic E-state index is -0.679. The van der Waals surface area contributed by atoms with Crippen LogP contribution in [0.15, 0.2) is 18.2 Å². The van der Waals surface area contributed by atoms with Crippen molar-refractivity contribution in [3.8, 4) is 0 Å². The summed E-state index contributed by atoms with van der Waals surface area (Å²) in [5.41, 5.74) is 1.39. The predicted octanol–water partition coefficient (Wildman–Crippen LogP) is 3.24. The smallest absolute Gasteiger partial charge is 0.224 e. The van der Waals surface area contributed by atoms with Gasteiger partial charge in [-0.3, -0.25) is 4.79 Å². The Morgan fingerprint density at radius 1 is 1.35 bits per heavy atom. The number of nitrogens with zero attached hydrogens (tertiary/aromatic N) is 2. The number of hydrogen-bond acceptors (Lipinski definition) is 3. The molecule has 3 rings (SSSR count). The number of nitrogens with one attached hydrogen (secondary N) is 1. The van der Waals surface area contributed by atoms with Crippen molar-refractivity contribution in [2.24, 2.45) is 0 Å². The molecule has 6 heteroatoms. The van der Waals surface area contributed by atoms with Crippen molar-refractivity contribution in [3.63, 3.8) is 0 Å². The van der Waals surface area contributed by atoms with Crippen molar-refractivity contribution >= 4 is 22.5 Å². The number of anilines is 1. The molecule has 23 heavy (non-hydrogen) atoms. The van der Waals surface area contributed by atoms with Gasteiger partial charge in [0.15, 0.2) is 5.82 Å². The Labute approximate surface area is 133 Å². The van der Waals surface area contributed by atoms with Gasteiger partial charge in [0, 0.05) is 42.3 Å². The molecular formula is C17H19F2N3O. The van der Waals surface area contributed by atoms with E-state index in [0.717, 1.165) is 19.0 Å². The number of fused-ring (bicyclic) bond motifs is 1. The van der Waals surface area contributed by atoms with Crippen LogP contribution >= 0.6 is 0 Å². The molecule has 4 nitrogen and oxygen atoms in total. The van der Waals surface area contributed by atoms with Gasteiger partial charge in [-0.15, -0.1) is 0 Å². The molecule has 1 aliphatic rings. The van der Waals surface area contributed by atoms with Crippen molar-refractivity contribution in [1.82, 2.24) is 9.88 Å².